The maximum Gasteiger partial charge on any atom is 0.124 e. The quantitative estimate of drug-likeness (QED) is 0.458. The Balaban J connectivity index is 1.72. The molecule has 0 amide bonds. The van der Waals surface area contributed by atoms with Gasteiger partial charge in [0.1, 0.15) is 10.8 Å². The minimum atomic E-state index is -0.215. The fourth-order valence-electron chi connectivity index (χ4n) is 2.47. The van der Waals surface area contributed by atoms with E-state index in [0.717, 1.165) is 27.2 Å². The van der Waals surface area contributed by atoms with E-state index in [2.05, 4.69) is 11.1 Å². The van der Waals surface area contributed by atoms with Gasteiger partial charge in [-0.3, -0.25) is 0 Å². The maximum absolute atomic E-state index is 13.3. The fraction of sp³-hybridized carbons (Fsp3) is 0. The Kier molecular flexibility index (Phi) is 3.20. The molecule has 0 spiro atoms. The first kappa shape index (κ1) is 13.2. The minimum Gasteiger partial charge on any atom is -0.236 e. The molecule has 0 aliphatic carbocycles. The van der Waals surface area contributed by atoms with E-state index in [0.29, 0.717) is 0 Å². The van der Waals surface area contributed by atoms with E-state index in [-0.39, 0.29) is 5.82 Å². The third kappa shape index (κ3) is 2.40. The molecule has 3 aromatic carbocycles. The molecule has 1 heterocycles. The highest BCUT2D eigenvalue weighted by Crippen LogP contribution is 2.31. The smallest absolute Gasteiger partial charge is 0.124 e. The Hall–Kier alpha value is -2.52. The van der Waals surface area contributed by atoms with Crippen LogP contribution in [0.25, 0.3) is 31.9 Å². The molecule has 0 unspecified atom stereocenters. The largest absolute Gasteiger partial charge is 0.236 e. The summed E-state index contributed by atoms with van der Waals surface area (Å²) in [5.41, 5.74) is 4.00. The number of hydrogen-bond donors (Lipinski definition) is 0. The first-order chi connectivity index (χ1) is 10.8. The molecule has 106 valence electrons. The molecule has 0 N–H and O–H groups in total. The van der Waals surface area contributed by atoms with E-state index in [9.17, 15) is 4.39 Å². The van der Waals surface area contributed by atoms with Crippen LogP contribution in [0, 0.1) is 5.82 Å². The number of benzene rings is 3. The van der Waals surface area contributed by atoms with Crippen molar-refractivity contribution < 1.29 is 4.39 Å². The normalized spacial score (nSPS) is 11.0. The van der Waals surface area contributed by atoms with Crippen LogP contribution in [0.3, 0.4) is 0 Å². The van der Waals surface area contributed by atoms with Crippen molar-refractivity contribution in [3.05, 3.63) is 78.6 Å². The summed E-state index contributed by atoms with van der Waals surface area (Å²) in [6, 6.07) is 22.9. The summed E-state index contributed by atoms with van der Waals surface area (Å²) < 4.78 is 14.5. The van der Waals surface area contributed by atoms with Crippen LogP contribution in [0.5, 0.6) is 0 Å². The monoisotopic (exact) mass is 305 g/mol. The van der Waals surface area contributed by atoms with Gasteiger partial charge in [0.15, 0.2) is 0 Å². The molecule has 1 aromatic heterocycles. The molecule has 22 heavy (non-hydrogen) atoms. The average molecular weight is 305 g/mol. The number of nitrogens with zero attached hydrogens (tertiary/aromatic N) is 1. The molecule has 4 aromatic rings. The summed E-state index contributed by atoms with van der Waals surface area (Å²) in [4.78, 5) is 4.66. The number of thiazole rings is 1. The fourth-order valence-corrected chi connectivity index (χ4v) is 3.44. The van der Waals surface area contributed by atoms with Crippen LogP contribution in [-0.4, -0.2) is 4.98 Å². The highest BCUT2D eigenvalue weighted by Gasteiger charge is 2.06. The molecular weight excluding hydrogens is 293 g/mol. The molecule has 0 radical (unpaired) electrons. The van der Waals surface area contributed by atoms with Gasteiger partial charge in [0.05, 0.1) is 10.2 Å². The first-order valence-corrected chi connectivity index (χ1v) is 7.83. The summed E-state index contributed by atoms with van der Waals surface area (Å²) >= 11 is 1.68. The summed E-state index contributed by atoms with van der Waals surface area (Å²) in [5.74, 6) is -0.215. The zero-order valence-corrected chi connectivity index (χ0v) is 12.5. The number of rotatable bonds is 2. The van der Waals surface area contributed by atoms with Crippen LogP contribution < -0.4 is 0 Å². The number of para-hydroxylation sites is 1. The standard InChI is InChI=1S/C19H12FNS/c20-16-5-3-4-15(12-16)13-8-10-14(11-9-13)19-21-17-6-1-2-7-18(17)22-19/h1-12H. The number of halogens is 1. The molecular formula is C19H12FNS. The van der Waals surface area contributed by atoms with Gasteiger partial charge < -0.3 is 0 Å². The second-order valence-electron chi connectivity index (χ2n) is 5.07. The van der Waals surface area contributed by atoms with Crippen LogP contribution >= 0.6 is 11.3 Å². The van der Waals surface area contributed by atoms with Gasteiger partial charge in [0.25, 0.3) is 0 Å². The zero-order chi connectivity index (χ0) is 14.9. The van der Waals surface area contributed by atoms with Gasteiger partial charge in [0.2, 0.25) is 0 Å². The van der Waals surface area contributed by atoms with Gasteiger partial charge in [-0.25, -0.2) is 9.37 Å². The summed E-state index contributed by atoms with van der Waals surface area (Å²) in [7, 11) is 0. The topological polar surface area (TPSA) is 12.9 Å². The van der Waals surface area contributed by atoms with Crippen molar-refractivity contribution >= 4 is 21.6 Å². The highest BCUT2D eigenvalue weighted by molar-refractivity contribution is 7.21. The highest BCUT2D eigenvalue weighted by atomic mass is 32.1. The van der Waals surface area contributed by atoms with Gasteiger partial charge in [-0.05, 0) is 35.4 Å². The predicted molar refractivity (Wildman–Crippen MR) is 90.5 cm³/mol. The molecule has 0 atom stereocenters. The van der Waals surface area contributed by atoms with Gasteiger partial charge in [-0.15, -0.1) is 11.3 Å². The Labute approximate surface area is 131 Å². The number of hydrogen-bond acceptors (Lipinski definition) is 2. The minimum absolute atomic E-state index is 0.215. The molecule has 0 saturated carbocycles. The molecule has 0 saturated heterocycles. The molecule has 3 heteroatoms. The van der Waals surface area contributed by atoms with Crippen LogP contribution in [0.2, 0.25) is 0 Å². The second-order valence-corrected chi connectivity index (χ2v) is 6.11. The lowest BCUT2D eigenvalue weighted by molar-refractivity contribution is 0.628. The number of aromatic nitrogens is 1. The second kappa shape index (κ2) is 5.35. The third-order valence-corrected chi connectivity index (χ3v) is 4.67. The van der Waals surface area contributed by atoms with Crippen molar-refractivity contribution in [2.75, 3.05) is 0 Å². The van der Waals surface area contributed by atoms with Gasteiger partial charge in [-0.2, -0.15) is 0 Å². The van der Waals surface area contributed by atoms with E-state index in [1.807, 2.05) is 48.5 Å². The van der Waals surface area contributed by atoms with Crippen LogP contribution in [0.15, 0.2) is 72.8 Å². The van der Waals surface area contributed by atoms with E-state index < -0.39 is 0 Å². The van der Waals surface area contributed by atoms with Gasteiger partial charge in [0, 0.05) is 5.56 Å². The van der Waals surface area contributed by atoms with Crippen molar-refractivity contribution in [1.82, 2.24) is 4.98 Å². The first-order valence-electron chi connectivity index (χ1n) is 7.01. The zero-order valence-electron chi connectivity index (χ0n) is 11.7. The lowest BCUT2D eigenvalue weighted by Crippen LogP contribution is -1.81. The molecule has 0 aliphatic heterocycles. The van der Waals surface area contributed by atoms with Crippen LogP contribution in [0.1, 0.15) is 0 Å². The molecule has 4 rings (SSSR count). The third-order valence-electron chi connectivity index (χ3n) is 3.58. The predicted octanol–water partition coefficient (Wildman–Crippen LogP) is 5.77. The Morgan fingerprint density at radius 3 is 2.27 bits per heavy atom. The van der Waals surface area contributed by atoms with E-state index >= 15 is 0 Å². The summed E-state index contributed by atoms with van der Waals surface area (Å²) in [6.45, 7) is 0. The van der Waals surface area contributed by atoms with Crippen molar-refractivity contribution in [3.63, 3.8) is 0 Å². The maximum atomic E-state index is 13.3. The molecule has 0 fully saturated rings. The van der Waals surface area contributed by atoms with E-state index in [4.69, 9.17) is 0 Å². The lowest BCUT2D eigenvalue weighted by atomic mass is 10.0. The Morgan fingerprint density at radius 2 is 1.50 bits per heavy atom. The summed E-state index contributed by atoms with van der Waals surface area (Å²) in [6.07, 6.45) is 0. The average Bonchev–Trinajstić information content (AvgIpc) is 2.99. The number of fused-ring (bicyclic) bond motifs is 1. The SMILES string of the molecule is Fc1cccc(-c2ccc(-c3nc4ccccc4s3)cc2)c1. The van der Waals surface area contributed by atoms with Crippen LogP contribution in [-0.2, 0) is 0 Å². The van der Waals surface area contributed by atoms with Gasteiger partial charge in [-0.1, -0.05) is 48.5 Å². The van der Waals surface area contributed by atoms with Crippen molar-refractivity contribution in [3.8, 4) is 21.7 Å². The summed E-state index contributed by atoms with van der Waals surface area (Å²) in [5, 5.41) is 1.01. The van der Waals surface area contributed by atoms with Crippen molar-refractivity contribution in [1.29, 1.82) is 0 Å². The lowest BCUT2D eigenvalue weighted by Gasteiger charge is -2.03. The van der Waals surface area contributed by atoms with E-state index in [1.54, 1.807) is 23.5 Å². The van der Waals surface area contributed by atoms with Crippen molar-refractivity contribution in [2.24, 2.45) is 0 Å². The van der Waals surface area contributed by atoms with Crippen molar-refractivity contribution in [2.45, 2.75) is 0 Å². The molecule has 1 nitrogen and oxygen atoms in total. The van der Waals surface area contributed by atoms with Gasteiger partial charge >= 0.3 is 0 Å². The Morgan fingerprint density at radius 1 is 0.727 bits per heavy atom. The van der Waals surface area contributed by atoms with Crippen LogP contribution in [0.4, 0.5) is 4.39 Å². The van der Waals surface area contributed by atoms with E-state index in [1.165, 1.54) is 10.8 Å². The molecule has 0 aliphatic rings. The molecule has 0 bridgehead atoms. The Bertz CT molecular complexity index is 908.